The van der Waals surface area contributed by atoms with Gasteiger partial charge in [-0.1, -0.05) is 44.2 Å². The minimum atomic E-state index is -1.06. The quantitative estimate of drug-likeness (QED) is 0.691. The summed E-state index contributed by atoms with van der Waals surface area (Å²) in [6.45, 7) is 5.03. The molecule has 0 spiro atoms. The number of hydrogen-bond acceptors (Lipinski definition) is 3. The number of aliphatic carboxylic acids is 1. The van der Waals surface area contributed by atoms with Crippen LogP contribution in [-0.2, 0) is 9.59 Å². The Morgan fingerprint density at radius 2 is 1.89 bits per heavy atom. The molecule has 0 fully saturated rings. The number of hydrogen-bond donors (Lipinski definition) is 3. The molecule has 3 N–H and O–H groups in total. The molecule has 104 valence electrons. The minimum Gasteiger partial charge on any atom is -0.479 e. The van der Waals surface area contributed by atoms with E-state index in [0.717, 1.165) is 6.54 Å². The molecule has 0 bridgehead atoms. The third kappa shape index (κ3) is 4.71. The Balaban J connectivity index is 2.70. The second-order valence-electron chi connectivity index (χ2n) is 4.40. The predicted octanol–water partition coefficient (Wildman–Crippen LogP) is 1.17. The molecule has 2 atom stereocenters. The first kappa shape index (κ1) is 15.2. The van der Waals surface area contributed by atoms with Crippen molar-refractivity contribution in [1.29, 1.82) is 0 Å². The molecule has 0 saturated carbocycles. The largest absolute Gasteiger partial charge is 0.479 e. The molecule has 0 radical (unpaired) electrons. The molecule has 19 heavy (non-hydrogen) atoms. The minimum absolute atomic E-state index is 0.266. The summed E-state index contributed by atoms with van der Waals surface area (Å²) in [5.41, 5.74) is 0.569. The van der Waals surface area contributed by atoms with Crippen LogP contribution >= 0.6 is 0 Å². The van der Waals surface area contributed by atoms with Gasteiger partial charge in [0.2, 0.25) is 5.91 Å². The highest BCUT2D eigenvalue weighted by molar-refractivity contribution is 5.85. The Bertz CT molecular complexity index is 420. The van der Waals surface area contributed by atoms with E-state index in [1.807, 2.05) is 6.92 Å². The Kier molecular flexibility index (Phi) is 6.02. The van der Waals surface area contributed by atoms with E-state index in [1.54, 1.807) is 37.3 Å². The van der Waals surface area contributed by atoms with Gasteiger partial charge in [-0.2, -0.15) is 0 Å². The van der Waals surface area contributed by atoms with Crippen molar-refractivity contribution >= 4 is 11.9 Å². The summed E-state index contributed by atoms with van der Waals surface area (Å²) in [6, 6.07) is 7.68. The Labute approximate surface area is 113 Å². The molecule has 1 aromatic carbocycles. The van der Waals surface area contributed by atoms with Gasteiger partial charge in [0, 0.05) is 12.5 Å². The summed E-state index contributed by atoms with van der Waals surface area (Å²) in [5.74, 6) is -1.60. The van der Waals surface area contributed by atoms with Crippen LogP contribution in [0.2, 0.25) is 0 Å². The van der Waals surface area contributed by atoms with Gasteiger partial charge in [-0.25, -0.2) is 4.79 Å². The summed E-state index contributed by atoms with van der Waals surface area (Å²) in [5, 5.41) is 14.8. The molecule has 1 aromatic rings. The van der Waals surface area contributed by atoms with Crippen LogP contribution in [0, 0.1) is 5.92 Å². The standard InChI is InChI=1S/C14H20N2O3/c1-3-15-9-10(2)13(17)16-12(14(18)19)11-7-5-4-6-8-11/h4-8,10,12,15H,3,9H2,1-2H3,(H,16,17)(H,18,19). The van der Waals surface area contributed by atoms with E-state index in [2.05, 4.69) is 10.6 Å². The lowest BCUT2D eigenvalue weighted by molar-refractivity contribution is -0.142. The van der Waals surface area contributed by atoms with Crippen LogP contribution in [-0.4, -0.2) is 30.1 Å². The molecule has 0 aliphatic rings. The number of carboxylic acids is 1. The van der Waals surface area contributed by atoms with Crippen LogP contribution in [0.1, 0.15) is 25.5 Å². The number of carbonyl (C=O) groups excluding carboxylic acids is 1. The highest BCUT2D eigenvalue weighted by atomic mass is 16.4. The van der Waals surface area contributed by atoms with Gasteiger partial charge in [-0.3, -0.25) is 4.79 Å². The molecule has 0 heterocycles. The molecule has 5 nitrogen and oxygen atoms in total. The maximum atomic E-state index is 11.9. The molecule has 0 aliphatic heterocycles. The van der Waals surface area contributed by atoms with Crippen LogP contribution in [0.4, 0.5) is 0 Å². The first-order chi connectivity index (χ1) is 9.06. The average Bonchev–Trinajstić information content (AvgIpc) is 2.42. The fourth-order valence-electron chi connectivity index (χ4n) is 1.67. The second kappa shape index (κ2) is 7.53. The van der Waals surface area contributed by atoms with E-state index in [0.29, 0.717) is 12.1 Å². The fourth-order valence-corrected chi connectivity index (χ4v) is 1.67. The van der Waals surface area contributed by atoms with E-state index in [4.69, 9.17) is 0 Å². The molecule has 0 aromatic heterocycles. The van der Waals surface area contributed by atoms with Crippen molar-refractivity contribution < 1.29 is 14.7 Å². The van der Waals surface area contributed by atoms with Crippen LogP contribution < -0.4 is 10.6 Å². The van der Waals surface area contributed by atoms with Gasteiger partial charge in [-0.05, 0) is 12.1 Å². The summed E-state index contributed by atoms with van der Waals surface area (Å²) in [6.07, 6.45) is 0. The Hall–Kier alpha value is -1.88. The van der Waals surface area contributed by atoms with Gasteiger partial charge in [0.15, 0.2) is 6.04 Å². The summed E-state index contributed by atoms with van der Waals surface area (Å²) in [7, 11) is 0. The Morgan fingerprint density at radius 3 is 2.42 bits per heavy atom. The molecule has 0 saturated heterocycles. The van der Waals surface area contributed by atoms with E-state index < -0.39 is 12.0 Å². The van der Waals surface area contributed by atoms with Crippen molar-refractivity contribution in [3.8, 4) is 0 Å². The van der Waals surface area contributed by atoms with Crippen LogP contribution in [0.15, 0.2) is 30.3 Å². The lowest BCUT2D eigenvalue weighted by Crippen LogP contribution is -2.40. The molecule has 1 amide bonds. The van der Waals surface area contributed by atoms with Gasteiger partial charge in [0.1, 0.15) is 0 Å². The highest BCUT2D eigenvalue weighted by Gasteiger charge is 2.24. The van der Waals surface area contributed by atoms with Crippen LogP contribution in [0.3, 0.4) is 0 Å². The van der Waals surface area contributed by atoms with Crippen molar-refractivity contribution in [3.63, 3.8) is 0 Å². The smallest absolute Gasteiger partial charge is 0.330 e. The van der Waals surface area contributed by atoms with Crippen molar-refractivity contribution in [3.05, 3.63) is 35.9 Å². The zero-order valence-electron chi connectivity index (χ0n) is 11.2. The predicted molar refractivity (Wildman–Crippen MR) is 72.7 cm³/mol. The van der Waals surface area contributed by atoms with Crippen LogP contribution in [0.5, 0.6) is 0 Å². The lowest BCUT2D eigenvalue weighted by atomic mass is 10.1. The zero-order chi connectivity index (χ0) is 14.3. The molecule has 2 unspecified atom stereocenters. The monoisotopic (exact) mass is 264 g/mol. The van der Waals surface area contributed by atoms with Gasteiger partial charge in [0.25, 0.3) is 0 Å². The molecule has 1 rings (SSSR count). The van der Waals surface area contributed by atoms with Gasteiger partial charge >= 0.3 is 5.97 Å². The normalized spacial score (nSPS) is 13.6. The van der Waals surface area contributed by atoms with Crippen molar-refractivity contribution in [1.82, 2.24) is 10.6 Å². The molecular formula is C14H20N2O3. The first-order valence-electron chi connectivity index (χ1n) is 6.35. The number of amides is 1. The number of nitrogens with one attached hydrogen (secondary N) is 2. The van der Waals surface area contributed by atoms with Gasteiger partial charge in [0.05, 0.1) is 0 Å². The van der Waals surface area contributed by atoms with Gasteiger partial charge < -0.3 is 15.7 Å². The molecular weight excluding hydrogens is 244 g/mol. The SMILES string of the molecule is CCNCC(C)C(=O)NC(C(=O)O)c1ccccc1. The number of carbonyl (C=O) groups is 2. The number of rotatable bonds is 7. The molecule has 0 aliphatic carbocycles. The van der Waals surface area contributed by atoms with Crippen molar-refractivity contribution in [2.24, 2.45) is 5.92 Å². The second-order valence-corrected chi connectivity index (χ2v) is 4.40. The third-order valence-electron chi connectivity index (χ3n) is 2.81. The summed E-state index contributed by atoms with van der Waals surface area (Å²) < 4.78 is 0. The molecule has 5 heteroatoms. The zero-order valence-corrected chi connectivity index (χ0v) is 11.2. The topological polar surface area (TPSA) is 78.4 Å². The third-order valence-corrected chi connectivity index (χ3v) is 2.81. The van der Waals surface area contributed by atoms with E-state index in [9.17, 15) is 14.7 Å². The maximum Gasteiger partial charge on any atom is 0.330 e. The average molecular weight is 264 g/mol. The van der Waals surface area contributed by atoms with E-state index >= 15 is 0 Å². The summed E-state index contributed by atoms with van der Waals surface area (Å²) in [4.78, 5) is 23.2. The first-order valence-corrected chi connectivity index (χ1v) is 6.35. The fraction of sp³-hybridized carbons (Fsp3) is 0.429. The number of carboxylic acid groups (broad SMARTS) is 1. The van der Waals surface area contributed by atoms with E-state index in [-0.39, 0.29) is 11.8 Å². The Morgan fingerprint density at radius 1 is 1.26 bits per heavy atom. The highest BCUT2D eigenvalue weighted by Crippen LogP contribution is 2.13. The number of benzene rings is 1. The summed E-state index contributed by atoms with van der Waals surface area (Å²) >= 11 is 0. The van der Waals surface area contributed by atoms with Crippen LogP contribution in [0.25, 0.3) is 0 Å². The maximum absolute atomic E-state index is 11.9. The van der Waals surface area contributed by atoms with Crippen molar-refractivity contribution in [2.75, 3.05) is 13.1 Å². The van der Waals surface area contributed by atoms with Crippen molar-refractivity contribution in [2.45, 2.75) is 19.9 Å². The van der Waals surface area contributed by atoms with Gasteiger partial charge in [-0.15, -0.1) is 0 Å². The lowest BCUT2D eigenvalue weighted by Gasteiger charge is -2.18. The van der Waals surface area contributed by atoms with E-state index in [1.165, 1.54) is 0 Å².